The zero-order chi connectivity index (χ0) is 7.94. The Morgan fingerprint density at radius 2 is 2.30 bits per heavy atom. The van der Waals surface area contributed by atoms with Crippen molar-refractivity contribution >= 4 is 17.6 Å². The predicted molar refractivity (Wildman–Crippen MR) is 35.9 cm³/mol. The summed E-state index contributed by atoms with van der Waals surface area (Å²) in [5.74, 6) is -0.929. The van der Waals surface area contributed by atoms with Gasteiger partial charge in [0.05, 0.1) is 0 Å². The highest BCUT2D eigenvalue weighted by Crippen LogP contribution is 2.45. The molecule has 1 aliphatic rings. The lowest BCUT2D eigenvalue weighted by atomic mass is 10.1. The van der Waals surface area contributed by atoms with Crippen LogP contribution in [0.1, 0.15) is 13.8 Å². The second-order valence-corrected chi connectivity index (χ2v) is 3.29. The molecule has 4 heteroatoms. The number of rotatable bonds is 2. The number of epoxide rings is 1. The van der Waals surface area contributed by atoms with E-state index in [1.165, 1.54) is 0 Å². The maximum absolute atomic E-state index is 10.3. The van der Waals surface area contributed by atoms with Gasteiger partial charge in [0.15, 0.2) is 0 Å². The average molecular weight is 165 g/mol. The molecule has 1 heterocycles. The molecule has 10 heavy (non-hydrogen) atoms. The van der Waals surface area contributed by atoms with E-state index in [4.69, 9.17) is 21.4 Å². The van der Waals surface area contributed by atoms with Crippen molar-refractivity contribution in [3.8, 4) is 0 Å². The van der Waals surface area contributed by atoms with Crippen molar-refractivity contribution in [2.45, 2.75) is 25.0 Å². The van der Waals surface area contributed by atoms with E-state index in [-0.39, 0.29) is 12.0 Å². The van der Waals surface area contributed by atoms with E-state index in [2.05, 4.69) is 0 Å². The van der Waals surface area contributed by atoms with Crippen LogP contribution in [0.2, 0.25) is 0 Å². The summed E-state index contributed by atoms with van der Waals surface area (Å²) >= 11 is 5.52. The number of ether oxygens (including phenoxy) is 1. The Bertz CT molecular complexity index is 168. The number of carboxylic acid groups (broad SMARTS) is 1. The van der Waals surface area contributed by atoms with E-state index >= 15 is 0 Å². The molecule has 0 aromatic heterocycles. The summed E-state index contributed by atoms with van der Waals surface area (Å²) in [5, 5.41) is 7.05. The summed E-state index contributed by atoms with van der Waals surface area (Å²) < 4.78 is 4.79. The van der Waals surface area contributed by atoms with Crippen molar-refractivity contribution in [1.82, 2.24) is 0 Å². The maximum atomic E-state index is 10.3. The van der Waals surface area contributed by atoms with Crippen molar-refractivity contribution in [2.75, 3.05) is 0 Å². The number of hydrogen-bond donors (Lipinski definition) is 1. The van der Waals surface area contributed by atoms with Crippen LogP contribution in [0.5, 0.6) is 0 Å². The highest BCUT2D eigenvalue weighted by atomic mass is 35.5. The predicted octanol–water partition coefficient (Wildman–Crippen LogP) is 1.06. The van der Waals surface area contributed by atoms with E-state index in [0.29, 0.717) is 0 Å². The molecule has 0 amide bonds. The number of carbonyl (C=O) groups is 1. The first-order valence-corrected chi connectivity index (χ1v) is 3.46. The van der Waals surface area contributed by atoms with Crippen molar-refractivity contribution in [3.05, 3.63) is 0 Å². The third kappa shape index (κ3) is 0.995. The van der Waals surface area contributed by atoms with Crippen LogP contribution in [-0.4, -0.2) is 22.2 Å². The number of alkyl halides is 1. The molecule has 1 N–H and O–H groups in total. The van der Waals surface area contributed by atoms with Gasteiger partial charge in [0.2, 0.25) is 0 Å². The fraction of sp³-hybridized carbons (Fsp3) is 0.833. The average Bonchev–Trinajstić information content (AvgIpc) is 2.43. The number of hydrogen-bond acceptors (Lipinski definition) is 2. The first kappa shape index (κ1) is 7.82. The zero-order valence-electron chi connectivity index (χ0n) is 5.80. The molecule has 1 aliphatic heterocycles. The van der Waals surface area contributed by atoms with Crippen LogP contribution < -0.4 is 0 Å². The van der Waals surface area contributed by atoms with Gasteiger partial charge in [-0.05, 0) is 5.92 Å². The van der Waals surface area contributed by atoms with E-state index in [1.807, 2.05) is 13.8 Å². The smallest absolute Gasteiger partial charge is 0.354 e. The fourth-order valence-corrected chi connectivity index (χ4v) is 1.24. The van der Waals surface area contributed by atoms with Gasteiger partial charge in [0.25, 0.3) is 5.06 Å². The maximum Gasteiger partial charge on any atom is 0.354 e. The summed E-state index contributed by atoms with van der Waals surface area (Å²) in [6, 6.07) is 0. The quantitative estimate of drug-likeness (QED) is 0.491. The summed E-state index contributed by atoms with van der Waals surface area (Å²) in [6.07, 6.45) is -0.327. The van der Waals surface area contributed by atoms with E-state index in [1.54, 1.807) is 0 Å². The Morgan fingerprint density at radius 3 is 2.40 bits per heavy atom. The molecule has 0 radical (unpaired) electrons. The molecule has 3 nitrogen and oxygen atoms in total. The van der Waals surface area contributed by atoms with Crippen molar-refractivity contribution < 1.29 is 14.6 Å². The first-order valence-electron chi connectivity index (χ1n) is 3.08. The highest BCUT2D eigenvalue weighted by Gasteiger charge is 2.63. The first-order chi connectivity index (χ1) is 4.48. The molecular weight excluding hydrogens is 156 g/mol. The third-order valence-electron chi connectivity index (χ3n) is 1.50. The third-order valence-corrected chi connectivity index (χ3v) is 1.97. The molecule has 0 saturated carbocycles. The summed E-state index contributed by atoms with van der Waals surface area (Å²) in [4.78, 5) is 10.3. The van der Waals surface area contributed by atoms with Crippen LogP contribution in [0.4, 0.5) is 0 Å². The largest absolute Gasteiger partial charge is 0.478 e. The molecule has 0 spiro atoms. The monoisotopic (exact) mass is 164 g/mol. The van der Waals surface area contributed by atoms with Gasteiger partial charge in [-0.1, -0.05) is 25.4 Å². The molecule has 1 fully saturated rings. The Labute approximate surface area is 63.9 Å². The molecule has 2 unspecified atom stereocenters. The molecule has 0 aromatic carbocycles. The minimum absolute atomic E-state index is 0.161. The van der Waals surface area contributed by atoms with Crippen LogP contribution in [0.15, 0.2) is 0 Å². The van der Waals surface area contributed by atoms with Gasteiger partial charge in [-0.2, -0.15) is 0 Å². The number of aliphatic carboxylic acids is 1. The van der Waals surface area contributed by atoms with Gasteiger partial charge in [-0.25, -0.2) is 4.79 Å². The standard InChI is InChI=1S/C6H9ClO3/c1-3(2)4-6(7,10-4)5(8)9/h3-4H,1-2H3,(H,8,9). The van der Waals surface area contributed by atoms with E-state index in [0.717, 1.165) is 0 Å². The van der Waals surface area contributed by atoms with Crippen molar-refractivity contribution in [1.29, 1.82) is 0 Å². The molecule has 0 bridgehead atoms. The van der Waals surface area contributed by atoms with Crippen molar-refractivity contribution in [3.63, 3.8) is 0 Å². The molecule has 0 aliphatic carbocycles. The SMILES string of the molecule is CC(C)C1OC1(Cl)C(=O)O. The van der Waals surface area contributed by atoms with Crippen molar-refractivity contribution in [2.24, 2.45) is 5.92 Å². The minimum atomic E-state index is -1.42. The van der Waals surface area contributed by atoms with Crippen LogP contribution in [0.25, 0.3) is 0 Å². The van der Waals surface area contributed by atoms with Gasteiger partial charge in [-0.15, -0.1) is 0 Å². The fourth-order valence-electron chi connectivity index (χ4n) is 0.888. The van der Waals surface area contributed by atoms with Gasteiger partial charge in [0, 0.05) is 0 Å². The topological polar surface area (TPSA) is 49.8 Å². The highest BCUT2D eigenvalue weighted by molar-refractivity contribution is 6.35. The number of carboxylic acids is 1. The van der Waals surface area contributed by atoms with Gasteiger partial charge < -0.3 is 9.84 Å². The lowest BCUT2D eigenvalue weighted by Gasteiger charge is -1.98. The second-order valence-electron chi connectivity index (χ2n) is 2.73. The lowest BCUT2D eigenvalue weighted by molar-refractivity contribution is -0.140. The second kappa shape index (κ2) is 2.10. The van der Waals surface area contributed by atoms with E-state index < -0.39 is 11.0 Å². The van der Waals surface area contributed by atoms with Gasteiger partial charge in [0.1, 0.15) is 6.10 Å². The molecule has 2 atom stereocenters. The summed E-state index contributed by atoms with van der Waals surface area (Å²) in [5.41, 5.74) is 0. The van der Waals surface area contributed by atoms with Crippen LogP contribution in [-0.2, 0) is 9.53 Å². The van der Waals surface area contributed by atoms with E-state index in [9.17, 15) is 4.79 Å². The molecule has 1 rings (SSSR count). The minimum Gasteiger partial charge on any atom is -0.478 e. The van der Waals surface area contributed by atoms with Crippen LogP contribution in [0, 0.1) is 5.92 Å². The van der Waals surface area contributed by atoms with Gasteiger partial charge in [-0.3, -0.25) is 0 Å². The zero-order valence-corrected chi connectivity index (χ0v) is 6.55. The van der Waals surface area contributed by atoms with Gasteiger partial charge >= 0.3 is 5.97 Å². The Balaban J connectivity index is 2.56. The number of halogens is 1. The molecular formula is C6H9ClO3. The van der Waals surface area contributed by atoms with Crippen LogP contribution in [0.3, 0.4) is 0 Å². The molecule has 1 saturated heterocycles. The Kier molecular flexibility index (Phi) is 1.65. The van der Waals surface area contributed by atoms with Crippen LogP contribution >= 0.6 is 11.6 Å². The summed E-state index contributed by atoms with van der Waals surface area (Å²) in [6.45, 7) is 3.75. The molecule has 0 aromatic rings. The Morgan fingerprint density at radius 1 is 1.80 bits per heavy atom. The Hall–Kier alpha value is -0.280. The lowest BCUT2D eigenvalue weighted by Crippen LogP contribution is -2.21. The summed E-state index contributed by atoms with van der Waals surface area (Å²) in [7, 11) is 0. The molecule has 58 valence electrons. The normalized spacial score (nSPS) is 38.2.